The van der Waals surface area contributed by atoms with Gasteiger partial charge in [0.25, 0.3) is 0 Å². The molecular weight excluding hydrogens is 373 g/mol. The summed E-state index contributed by atoms with van der Waals surface area (Å²) in [5, 5.41) is 9.02. The molecule has 0 bridgehead atoms. The molecule has 0 saturated heterocycles. The maximum absolute atomic E-state index is 12.7. The fourth-order valence-corrected chi connectivity index (χ4v) is 3.16. The van der Waals surface area contributed by atoms with Crippen LogP contribution in [0.25, 0.3) is 28.1 Å². The van der Waals surface area contributed by atoms with Crippen LogP contribution < -0.4 is 0 Å². The highest BCUT2D eigenvalue weighted by Gasteiger charge is 2.30. The van der Waals surface area contributed by atoms with Gasteiger partial charge in [-0.05, 0) is 54.0 Å². The minimum Gasteiger partial charge on any atom is -0.465 e. The molecule has 1 amide bonds. The zero-order chi connectivity index (χ0) is 19.9. The number of amides is 1. The van der Waals surface area contributed by atoms with E-state index in [4.69, 9.17) is 9.52 Å². The van der Waals surface area contributed by atoms with Gasteiger partial charge in [0, 0.05) is 18.7 Å². The molecule has 0 fully saturated rings. The minimum absolute atomic E-state index is 0.246. The maximum Gasteiger partial charge on any atom is 0.416 e. The number of rotatable bonds is 2. The van der Waals surface area contributed by atoms with Crippen molar-refractivity contribution >= 4 is 22.8 Å². The Balaban J connectivity index is 1.61. The van der Waals surface area contributed by atoms with Crippen molar-refractivity contribution in [2.45, 2.75) is 12.6 Å². The second-order valence-corrected chi connectivity index (χ2v) is 6.48. The van der Waals surface area contributed by atoms with E-state index in [1.807, 2.05) is 18.2 Å². The van der Waals surface area contributed by atoms with Gasteiger partial charge < -0.3 is 14.4 Å². The molecule has 5 nitrogen and oxygen atoms in total. The molecular formula is C20H15F3N2O3. The van der Waals surface area contributed by atoms with Crippen LogP contribution in [0.3, 0.4) is 0 Å². The van der Waals surface area contributed by atoms with Crippen LogP contribution in [-0.4, -0.2) is 34.2 Å². The summed E-state index contributed by atoms with van der Waals surface area (Å²) in [7, 11) is 0. The van der Waals surface area contributed by atoms with Crippen LogP contribution in [0, 0.1) is 0 Å². The summed E-state index contributed by atoms with van der Waals surface area (Å²) in [5.41, 5.74) is 2.80. The lowest BCUT2D eigenvalue weighted by molar-refractivity contribution is -0.137. The molecule has 2 heterocycles. The average molecular weight is 388 g/mol. The normalized spacial score (nSPS) is 15.0. The van der Waals surface area contributed by atoms with Crippen LogP contribution in [0.4, 0.5) is 18.0 Å². The quantitative estimate of drug-likeness (QED) is 0.649. The third-order valence-electron chi connectivity index (χ3n) is 4.70. The number of carbonyl (C=O) groups is 1. The standard InChI is InChI=1S/C20H15F3N2O3/c21-20(22,23)15-4-1-13(2-5-15)18-24-16-11-14(3-6-17(16)28-18)12-7-9-25(10-8-12)19(26)27/h1-7,11H,8-10H2,(H,26,27). The molecule has 2 aromatic carbocycles. The Kier molecular flexibility index (Phi) is 4.33. The van der Waals surface area contributed by atoms with Crippen LogP contribution in [0.5, 0.6) is 0 Å². The SMILES string of the molecule is O=C(O)N1CC=C(c2ccc3oc(-c4ccc(C(F)(F)F)cc4)nc3c2)CC1. The fourth-order valence-electron chi connectivity index (χ4n) is 3.16. The monoisotopic (exact) mass is 388 g/mol. The first-order chi connectivity index (χ1) is 13.3. The van der Waals surface area contributed by atoms with Crippen LogP contribution in [0.2, 0.25) is 0 Å². The molecule has 0 radical (unpaired) electrons. The largest absolute Gasteiger partial charge is 0.465 e. The Bertz CT molecular complexity index is 1070. The third-order valence-corrected chi connectivity index (χ3v) is 4.70. The number of hydrogen-bond donors (Lipinski definition) is 1. The van der Waals surface area contributed by atoms with Gasteiger partial charge in [-0.3, -0.25) is 0 Å². The molecule has 1 aliphatic heterocycles. The molecule has 0 unspecified atom stereocenters. The van der Waals surface area contributed by atoms with Crippen molar-refractivity contribution in [2.75, 3.05) is 13.1 Å². The molecule has 8 heteroatoms. The molecule has 3 aromatic rings. The second kappa shape index (κ2) is 6.70. The number of benzene rings is 2. The van der Waals surface area contributed by atoms with Gasteiger partial charge in [0.05, 0.1) is 5.56 Å². The number of nitrogens with zero attached hydrogens (tertiary/aromatic N) is 2. The van der Waals surface area contributed by atoms with Crippen LogP contribution in [0.1, 0.15) is 17.5 Å². The molecule has 0 spiro atoms. The highest BCUT2D eigenvalue weighted by molar-refractivity contribution is 5.82. The van der Waals surface area contributed by atoms with Crippen molar-refractivity contribution < 1.29 is 27.5 Å². The van der Waals surface area contributed by atoms with Gasteiger partial charge in [0.1, 0.15) is 5.52 Å². The fraction of sp³-hybridized carbons (Fsp3) is 0.200. The van der Waals surface area contributed by atoms with Crippen molar-refractivity contribution in [2.24, 2.45) is 0 Å². The van der Waals surface area contributed by atoms with E-state index in [0.29, 0.717) is 36.2 Å². The Morgan fingerprint density at radius 3 is 2.43 bits per heavy atom. The number of halogens is 3. The van der Waals surface area contributed by atoms with Gasteiger partial charge in [-0.1, -0.05) is 12.1 Å². The highest BCUT2D eigenvalue weighted by atomic mass is 19.4. The first-order valence-corrected chi connectivity index (χ1v) is 8.57. The predicted octanol–water partition coefficient (Wildman–Crippen LogP) is 5.28. The van der Waals surface area contributed by atoms with Gasteiger partial charge in [-0.2, -0.15) is 13.2 Å². The van der Waals surface area contributed by atoms with E-state index in [9.17, 15) is 18.0 Å². The molecule has 0 saturated carbocycles. The summed E-state index contributed by atoms with van der Waals surface area (Å²) in [6.07, 6.45) is -2.86. The minimum atomic E-state index is -4.39. The topological polar surface area (TPSA) is 66.6 Å². The molecule has 1 N–H and O–H groups in total. The van der Waals surface area contributed by atoms with E-state index in [2.05, 4.69) is 4.98 Å². The Hall–Kier alpha value is -3.29. The van der Waals surface area contributed by atoms with Gasteiger partial charge >= 0.3 is 12.3 Å². The maximum atomic E-state index is 12.7. The summed E-state index contributed by atoms with van der Waals surface area (Å²) in [6.45, 7) is 0.757. The number of aromatic nitrogens is 1. The Morgan fingerprint density at radius 1 is 1.11 bits per heavy atom. The number of hydrogen-bond acceptors (Lipinski definition) is 3. The van der Waals surface area contributed by atoms with Crippen LogP contribution >= 0.6 is 0 Å². The van der Waals surface area contributed by atoms with E-state index < -0.39 is 17.8 Å². The third kappa shape index (κ3) is 3.45. The molecule has 144 valence electrons. The first kappa shape index (κ1) is 18.1. The smallest absolute Gasteiger partial charge is 0.416 e. The Morgan fingerprint density at radius 2 is 1.82 bits per heavy atom. The lowest BCUT2D eigenvalue weighted by Gasteiger charge is -2.23. The van der Waals surface area contributed by atoms with Crippen molar-refractivity contribution in [3.63, 3.8) is 0 Å². The summed E-state index contributed by atoms with van der Waals surface area (Å²) in [5.74, 6) is 0.246. The number of carboxylic acid groups (broad SMARTS) is 1. The van der Waals surface area contributed by atoms with E-state index in [1.54, 1.807) is 6.07 Å². The summed E-state index contributed by atoms with van der Waals surface area (Å²) in [4.78, 5) is 16.7. The highest BCUT2D eigenvalue weighted by Crippen LogP contribution is 2.32. The second-order valence-electron chi connectivity index (χ2n) is 6.48. The lowest BCUT2D eigenvalue weighted by atomic mass is 9.99. The van der Waals surface area contributed by atoms with Gasteiger partial charge in [0.2, 0.25) is 5.89 Å². The van der Waals surface area contributed by atoms with E-state index in [1.165, 1.54) is 17.0 Å². The predicted molar refractivity (Wildman–Crippen MR) is 96.6 cm³/mol. The molecule has 1 aliphatic rings. The zero-order valence-electron chi connectivity index (χ0n) is 14.5. The number of oxazole rings is 1. The number of alkyl halides is 3. The van der Waals surface area contributed by atoms with Gasteiger partial charge in [0.15, 0.2) is 5.58 Å². The van der Waals surface area contributed by atoms with Crippen molar-refractivity contribution in [1.82, 2.24) is 9.88 Å². The van der Waals surface area contributed by atoms with Gasteiger partial charge in [-0.15, -0.1) is 0 Å². The Labute approximate surface area is 157 Å². The molecule has 4 rings (SSSR count). The van der Waals surface area contributed by atoms with E-state index >= 15 is 0 Å². The van der Waals surface area contributed by atoms with Gasteiger partial charge in [-0.25, -0.2) is 9.78 Å². The van der Waals surface area contributed by atoms with Crippen molar-refractivity contribution in [3.8, 4) is 11.5 Å². The lowest BCUT2D eigenvalue weighted by Crippen LogP contribution is -2.33. The molecule has 0 aliphatic carbocycles. The van der Waals surface area contributed by atoms with Crippen molar-refractivity contribution in [3.05, 3.63) is 59.7 Å². The van der Waals surface area contributed by atoms with Crippen LogP contribution in [-0.2, 0) is 6.18 Å². The van der Waals surface area contributed by atoms with E-state index in [0.717, 1.165) is 23.3 Å². The first-order valence-electron chi connectivity index (χ1n) is 8.57. The summed E-state index contributed by atoms with van der Waals surface area (Å²) < 4.78 is 43.8. The number of fused-ring (bicyclic) bond motifs is 1. The zero-order valence-corrected chi connectivity index (χ0v) is 14.5. The molecule has 0 atom stereocenters. The molecule has 28 heavy (non-hydrogen) atoms. The van der Waals surface area contributed by atoms with Crippen molar-refractivity contribution in [1.29, 1.82) is 0 Å². The summed E-state index contributed by atoms with van der Waals surface area (Å²) in [6, 6.07) is 10.1. The van der Waals surface area contributed by atoms with E-state index in [-0.39, 0.29) is 5.89 Å². The summed E-state index contributed by atoms with van der Waals surface area (Å²) >= 11 is 0. The molecule has 1 aromatic heterocycles. The average Bonchev–Trinajstić information content (AvgIpc) is 3.11. The van der Waals surface area contributed by atoms with Crippen LogP contribution in [0.15, 0.2) is 53.0 Å².